The lowest BCUT2D eigenvalue weighted by Gasteiger charge is -2.14. The van der Waals surface area contributed by atoms with E-state index < -0.39 is 47.4 Å². The number of nitrogens with zero attached hydrogens (tertiary/aromatic N) is 3. The van der Waals surface area contributed by atoms with Crippen molar-refractivity contribution >= 4 is 6.29 Å². The zero-order chi connectivity index (χ0) is 21.1. The molecule has 0 aliphatic heterocycles. The molecule has 29 heavy (non-hydrogen) atoms. The number of carbonyl (C=O) groups excluding carboxylic acids is 1. The SMILES string of the molecule is COc1cccc(-n2c(=O)n(CC=O)c(=O)n(Cc3c(F)cccc3F)c2=O)c1. The quantitative estimate of drug-likeness (QED) is 0.565. The molecule has 0 spiro atoms. The van der Waals surface area contributed by atoms with Crippen molar-refractivity contribution in [1.82, 2.24) is 13.7 Å². The van der Waals surface area contributed by atoms with Crippen molar-refractivity contribution in [2.75, 3.05) is 7.11 Å². The summed E-state index contributed by atoms with van der Waals surface area (Å²) in [5, 5.41) is 0. The van der Waals surface area contributed by atoms with Gasteiger partial charge in [0.2, 0.25) is 0 Å². The van der Waals surface area contributed by atoms with Gasteiger partial charge >= 0.3 is 17.1 Å². The fourth-order valence-electron chi connectivity index (χ4n) is 2.81. The fourth-order valence-corrected chi connectivity index (χ4v) is 2.81. The monoisotopic (exact) mass is 403 g/mol. The lowest BCUT2D eigenvalue weighted by Crippen LogP contribution is -2.54. The van der Waals surface area contributed by atoms with Gasteiger partial charge in [-0.3, -0.25) is 0 Å². The number of ether oxygens (including phenoxy) is 1. The van der Waals surface area contributed by atoms with Gasteiger partial charge in [-0.1, -0.05) is 12.1 Å². The van der Waals surface area contributed by atoms with Crippen LogP contribution in [0.5, 0.6) is 5.75 Å². The summed E-state index contributed by atoms with van der Waals surface area (Å²) in [6.07, 6.45) is 0.303. The number of hydrogen-bond donors (Lipinski definition) is 0. The Kier molecular flexibility index (Phi) is 5.53. The number of benzene rings is 2. The molecule has 0 fully saturated rings. The molecule has 150 valence electrons. The van der Waals surface area contributed by atoms with Gasteiger partial charge in [0.25, 0.3) is 0 Å². The Morgan fingerprint density at radius 1 is 0.931 bits per heavy atom. The van der Waals surface area contributed by atoms with E-state index in [4.69, 9.17) is 4.74 Å². The summed E-state index contributed by atoms with van der Waals surface area (Å²) < 4.78 is 34.8. The van der Waals surface area contributed by atoms with Crippen LogP contribution in [0.3, 0.4) is 0 Å². The summed E-state index contributed by atoms with van der Waals surface area (Å²) in [4.78, 5) is 49.2. The van der Waals surface area contributed by atoms with Gasteiger partial charge in [-0.2, -0.15) is 0 Å². The van der Waals surface area contributed by atoms with Crippen LogP contribution in [0.1, 0.15) is 5.56 Å². The van der Waals surface area contributed by atoms with Crippen molar-refractivity contribution in [2.24, 2.45) is 0 Å². The Balaban J connectivity index is 2.33. The minimum absolute atomic E-state index is 0.0572. The minimum Gasteiger partial charge on any atom is -0.497 e. The third kappa shape index (κ3) is 3.64. The summed E-state index contributed by atoms with van der Waals surface area (Å²) in [6, 6.07) is 8.96. The van der Waals surface area contributed by atoms with Crippen LogP contribution in [0, 0.1) is 11.6 Å². The molecular formula is C19H15F2N3O5. The molecule has 2 aromatic carbocycles. The molecule has 0 N–H and O–H groups in total. The van der Waals surface area contributed by atoms with Gasteiger partial charge in [0, 0.05) is 11.6 Å². The van der Waals surface area contributed by atoms with Crippen LogP contribution >= 0.6 is 0 Å². The van der Waals surface area contributed by atoms with Crippen molar-refractivity contribution in [3.05, 3.63) is 91.1 Å². The molecular weight excluding hydrogens is 388 g/mol. The van der Waals surface area contributed by atoms with E-state index in [0.717, 1.165) is 18.2 Å². The first-order valence-electron chi connectivity index (χ1n) is 8.36. The van der Waals surface area contributed by atoms with E-state index in [9.17, 15) is 28.0 Å². The molecule has 3 aromatic rings. The largest absolute Gasteiger partial charge is 0.497 e. The standard InChI is InChI=1S/C19H15F2N3O5/c1-29-13-5-2-4-12(10-13)24-18(27)22(8-9-25)17(26)23(19(24)28)11-14-15(20)6-3-7-16(14)21/h2-7,9-10H,8,11H2,1H3. The van der Waals surface area contributed by atoms with Crippen molar-refractivity contribution in [1.29, 1.82) is 0 Å². The molecule has 1 heterocycles. The maximum atomic E-state index is 14.0. The van der Waals surface area contributed by atoms with Crippen LogP contribution < -0.4 is 21.8 Å². The van der Waals surface area contributed by atoms with E-state index in [0.29, 0.717) is 25.7 Å². The zero-order valence-corrected chi connectivity index (χ0v) is 15.2. The van der Waals surface area contributed by atoms with E-state index in [-0.39, 0.29) is 5.69 Å². The normalized spacial score (nSPS) is 10.7. The van der Waals surface area contributed by atoms with E-state index >= 15 is 0 Å². The number of rotatable bonds is 6. The minimum atomic E-state index is -1.16. The Morgan fingerprint density at radius 2 is 1.55 bits per heavy atom. The number of aldehydes is 1. The molecule has 0 radical (unpaired) electrons. The molecule has 0 saturated carbocycles. The van der Waals surface area contributed by atoms with Crippen molar-refractivity contribution in [2.45, 2.75) is 13.1 Å². The van der Waals surface area contributed by atoms with E-state index in [2.05, 4.69) is 0 Å². The Morgan fingerprint density at radius 3 is 2.17 bits per heavy atom. The first-order chi connectivity index (χ1) is 13.9. The molecule has 0 amide bonds. The van der Waals surface area contributed by atoms with Crippen molar-refractivity contribution in [3.8, 4) is 11.4 Å². The summed E-state index contributed by atoms with van der Waals surface area (Å²) in [7, 11) is 1.38. The second-order valence-corrected chi connectivity index (χ2v) is 5.95. The molecule has 0 saturated heterocycles. The Bertz CT molecular complexity index is 1240. The highest BCUT2D eigenvalue weighted by atomic mass is 19.1. The second kappa shape index (κ2) is 8.05. The first-order valence-corrected chi connectivity index (χ1v) is 8.36. The van der Waals surface area contributed by atoms with Gasteiger partial charge < -0.3 is 9.53 Å². The second-order valence-electron chi connectivity index (χ2n) is 5.95. The zero-order valence-electron chi connectivity index (χ0n) is 15.2. The molecule has 0 atom stereocenters. The van der Waals surface area contributed by atoms with Crippen molar-refractivity contribution < 1.29 is 18.3 Å². The number of methoxy groups -OCH3 is 1. The molecule has 0 aliphatic carbocycles. The number of carbonyl (C=O) groups is 1. The van der Waals surface area contributed by atoms with Gasteiger partial charge in [0.05, 0.1) is 25.9 Å². The predicted octanol–water partition coefficient (Wildman–Crippen LogP) is 0.695. The average Bonchev–Trinajstić information content (AvgIpc) is 2.70. The molecule has 0 aliphatic rings. The van der Waals surface area contributed by atoms with Crippen LogP contribution in [0.4, 0.5) is 8.78 Å². The first kappa shape index (κ1) is 19.9. The summed E-state index contributed by atoms with van der Waals surface area (Å²) in [6.45, 7) is -1.40. The van der Waals surface area contributed by atoms with Gasteiger partial charge in [-0.25, -0.2) is 36.9 Å². The van der Waals surface area contributed by atoms with E-state index in [1.54, 1.807) is 6.07 Å². The molecule has 0 bridgehead atoms. The van der Waals surface area contributed by atoms with Crippen molar-refractivity contribution in [3.63, 3.8) is 0 Å². The highest BCUT2D eigenvalue weighted by molar-refractivity contribution is 5.49. The van der Waals surface area contributed by atoms with E-state index in [1.807, 2.05) is 0 Å². The molecule has 1 aromatic heterocycles. The van der Waals surface area contributed by atoms with Crippen LogP contribution in [0.2, 0.25) is 0 Å². The fraction of sp³-hybridized carbons (Fsp3) is 0.158. The van der Waals surface area contributed by atoms with Crippen LogP contribution in [-0.2, 0) is 17.9 Å². The third-order valence-electron chi connectivity index (χ3n) is 4.25. The molecule has 3 rings (SSSR count). The smallest absolute Gasteiger partial charge is 0.341 e. The summed E-state index contributed by atoms with van der Waals surface area (Å²) in [5.74, 6) is -1.59. The summed E-state index contributed by atoms with van der Waals surface area (Å²) >= 11 is 0. The Labute approximate surface area is 161 Å². The molecule has 10 heteroatoms. The highest BCUT2D eigenvalue weighted by Gasteiger charge is 2.19. The highest BCUT2D eigenvalue weighted by Crippen LogP contribution is 2.14. The van der Waals surface area contributed by atoms with Crippen LogP contribution in [0.25, 0.3) is 5.69 Å². The van der Waals surface area contributed by atoms with Crippen LogP contribution in [0.15, 0.2) is 56.8 Å². The number of aromatic nitrogens is 3. The van der Waals surface area contributed by atoms with Gasteiger partial charge in [-0.15, -0.1) is 0 Å². The number of halogens is 2. The maximum absolute atomic E-state index is 14.0. The van der Waals surface area contributed by atoms with E-state index in [1.165, 1.54) is 25.3 Å². The summed E-state index contributed by atoms with van der Waals surface area (Å²) in [5.41, 5.74) is -3.81. The number of hydrogen-bond acceptors (Lipinski definition) is 5. The topological polar surface area (TPSA) is 92.3 Å². The maximum Gasteiger partial charge on any atom is 0.341 e. The molecule has 0 unspecified atom stereocenters. The van der Waals surface area contributed by atoms with Gasteiger partial charge in [0.1, 0.15) is 23.7 Å². The molecule has 8 nitrogen and oxygen atoms in total. The third-order valence-corrected chi connectivity index (χ3v) is 4.25. The van der Waals surface area contributed by atoms with Gasteiger partial charge in [0.15, 0.2) is 0 Å². The lowest BCUT2D eigenvalue weighted by molar-refractivity contribution is -0.108. The Hall–Kier alpha value is -3.82. The van der Waals surface area contributed by atoms with Gasteiger partial charge in [-0.05, 0) is 24.3 Å². The van der Waals surface area contributed by atoms with Crippen LogP contribution in [-0.4, -0.2) is 27.1 Å². The predicted molar refractivity (Wildman–Crippen MR) is 98.6 cm³/mol. The average molecular weight is 403 g/mol. The lowest BCUT2D eigenvalue weighted by atomic mass is 10.2.